The lowest BCUT2D eigenvalue weighted by Crippen LogP contribution is -2.26. The topological polar surface area (TPSA) is 71.1 Å². The Morgan fingerprint density at radius 3 is 2.46 bits per heavy atom. The van der Waals surface area contributed by atoms with Gasteiger partial charge in [0.25, 0.3) is 0 Å². The van der Waals surface area contributed by atoms with E-state index in [-0.39, 0.29) is 24.5 Å². The molecule has 1 amide bonds. The Morgan fingerprint density at radius 1 is 1.14 bits per heavy atom. The van der Waals surface area contributed by atoms with Crippen LogP contribution in [0.15, 0.2) is 24.4 Å². The van der Waals surface area contributed by atoms with Crippen molar-refractivity contribution >= 4 is 28.8 Å². The van der Waals surface area contributed by atoms with E-state index in [1.807, 2.05) is 19.9 Å². The summed E-state index contributed by atoms with van der Waals surface area (Å²) in [6.45, 7) is 4.68. The predicted molar refractivity (Wildman–Crippen MR) is 103 cm³/mol. The number of Topliss-reactive ketones (excluding diaryl/α,β-unsaturated/α-hetero) is 1. The average molecular weight is 413 g/mol. The maximum atomic E-state index is 12.5. The largest absolute Gasteiger partial charge is 0.417 e. The number of carbonyl (C=O) groups excluding carboxylic acids is 2. The number of nitrogens with one attached hydrogen (secondary N) is 2. The minimum atomic E-state index is -4.40. The van der Waals surface area contributed by atoms with Gasteiger partial charge in [-0.15, -0.1) is 11.3 Å². The van der Waals surface area contributed by atoms with Crippen LogP contribution in [0.3, 0.4) is 0 Å². The van der Waals surface area contributed by atoms with Crippen LogP contribution in [-0.2, 0) is 11.0 Å². The Morgan fingerprint density at radius 2 is 1.89 bits per heavy atom. The first kappa shape index (κ1) is 21.9. The van der Waals surface area contributed by atoms with Crippen LogP contribution in [0.5, 0.6) is 0 Å². The van der Waals surface area contributed by atoms with Crippen molar-refractivity contribution in [1.29, 1.82) is 0 Å². The van der Waals surface area contributed by atoms with Gasteiger partial charge in [-0.25, -0.2) is 4.98 Å². The molecule has 0 saturated heterocycles. The smallest absolute Gasteiger partial charge is 0.370 e. The van der Waals surface area contributed by atoms with Gasteiger partial charge in [0.05, 0.1) is 5.56 Å². The molecule has 0 aromatic carbocycles. The molecule has 28 heavy (non-hydrogen) atoms. The minimum Gasteiger partial charge on any atom is -0.370 e. The summed E-state index contributed by atoms with van der Waals surface area (Å²) in [4.78, 5) is 29.7. The molecule has 0 aliphatic rings. The molecule has 0 unspecified atom stereocenters. The number of anilines is 1. The summed E-state index contributed by atoms with van der Waals surface area (Å²) in [5.41, 5.74) is -0.115. The Bertz CT molecular complexity index is 817. The molecule has 2 heterocycles. The van der Waals surface area contributed by atoms with Gasteiger partial charge in [-0.2, -0.15) is 13.2 Å². The van der Waals surface area contributed by atoms with Crippen LogP contribution < -0.4 is 10.6 Å². The molecule has 2 rings (SSSR count). The van der Waals surface area contributed by atoms with Crippen LogP contribution in [-0.4, -0.2) is 29.8 Å². The number of carbonyl (C=O) groups is 2. The summed E-state index contributed by atoms with van der Waals surface area (Å²) in [5, 5.41) is 5.62. The molecular formula is C19H22F3N3O2S. The number of nitrogens with zero attached hydrogens (tertiary/aromatic N) is 1. The monoisotopic (exact) mass is 413 g/mol. The fraction of sp³-hybridized carbons (Fsp3) is 0.421. The Hall–Kier alpha value is -2.42. The number of ketones is 1. The molecule has 2 N–H and O–H groups in total. The predicted octanol–water partition coefficient (Wildman–Crippen LogP) is 4.36. The molecule has 0 atom stereocenters. The fourth-order valence-corrected chi connectivity index (χ4v) is 3.50. The minimum absolute atomic E-state index is 0.0351. The number of halogens is 3. The first-order valence-corrected chi connectivity index (χ1v) is 9.62. The standard InChI is InChI=1S/C19H22F3N3O2S/c1-12-10-15(13(2)28-12)16(26)5-7-18(27)24-9-3-8-23-17-6-4-14(11-25-17)19(20,21)22/h4,6,10-11H,3,5,7-9H2,1-2H3,(H,23,25)(H,24,27). The maximum absolute atomic E-state index is 12.5. The van der Waals surface area contributed by atoms with Crippen molar-refractivity contribution in [2.45, 2.75) is 39.3 Å². The number of alkyl halides is 3. The molecule has 0 spiro atoms. The summed E-state index contributed by atoms with van der Waals surface area (Å²) in [7, 11) is 0. The van der Waals surface area contributed by atoms with E-state index in [0.29, 0.717) is 30.9 Å². The van der Waals surface area contributed by atoms with Crippen molar-refractivity contribution in [3.8, 4) is 0 Å². The van der Waals surface area contributed by atoms with Crippen molar-refractivity contribution in [3.63, 3.8) is 0 Å². The zero-order chi connectivity index (χ0) is 20.7. The normalized spacial score (nSPS) is 11.3. The van der Waals surface area contributed by atoms with Gasteiger partial charge < -0.3 is 10.6 Å². The van der Waals surface area contributed by atoms with Crippen molar-refractivity contribution in [3.05, 3.63) is 45.3 Å². The fourth-order valence-electron chi connectivity index (χ4n) is 2.56. The van der Waals surface area contributed by atoms with E-state index in [0.717, 1.165) is 22.0 Å². The van der Waals surface area contributed by atoms with Gasteiger partial charge in [-0.05, 0) is 38.5 Å². The zero-order valence-electron chi connectivity index (χ0n) is 15.7. The summed E-state index contributed by atoms with van der Waals surface area (Å²) < 4.78 is 37.4. The third-order valence-electron chi connectivity index (χ3n) is 3.99. The van der Waals surface area contributed by atoms with Crippen molar-refractivity contribution in [2.24, 2.45) is 0 Å². The molecule has 9 heteroatoms. The molecule has 0 radical (unpaired) electrons. The van der Waals surface area contributed by atoms with E-state index >= 15 is 0 Å². The summed E-state index contributed by atoms with van der Waals surface area (Å²) >= 11 is 1.56. The van der Waals surface area contributed by atoms with Crippen molar-refractivity contribution in [1.82, 2.24) is 10.3 Å². The van der Waals surface area contributed by atoms with Crippen molar-refractivity contribution < 1.29 is 22.8 Å². The van der Waals surface area contributed by atoms with Gasteiger partial charge in [-0.3, -0.25) is 9.59 Å². The van der Waals surface area contributed by atoms with Crippen LogP contribution in [0.25, 0.3) is 0 Å². The van der Waals surface area contributed by atoms with Crippen LogP contribution in [0.4, 0.5) is 19.0 Å². The second kappa shape index (κ2) is 9.68. The lowest BCUT2D eigenvalue weighted by molar-refractivity contribution is -0.137. The van der Waals surface area contributed by atoms with Gasteiger partial charge in [-0.1, -0.05) is 0 Å². The Kier molecular flexibility index (Phi) is 7.56. The quantitative estimate of drug-likeness (QED) is 0.473. The summed E-state index contributed by atoms with van der Waals surface area (Å²) in [6, 6.07) is 4.08. The van der Waals surface area contributed by atoms with E-state index in [4.69, 9.17) is 0 Å². The van der Waals surface area contributed by atoms with Gasteiger partial charge in [0, 0.05) is 47.4 Å². The maximum Gasteiger partial charge on any atom is 0.417 e. The Balaban J connectivity index is 1.62. The molecule has 0 bridgehead atoms. The van der Waals surface area contributed by atoms with E-state index < -0.39 is 11.7 Å². The summed E-state index contributed by atoms with van der Waals surface area (Å²) in [6.07, 6.45) is -2.77. The van der Waals surface area contributed by atoms with E-state index in [2.05, 4.69) is 15.6 Å². The van der Waals surface area contributed by atoms with E-state index in [1.165, 1.54) is 6.07 Å². The highest BCUT2D eigenvalue weighted by Crippen LogP contribution is 2.28. The molecule has 5 nitrogen and oxygen atoms in total. The van der Waals surface area contributed by atoms with E-state index in [9.17, 15) is 22.8 Å². The third-order valence-corrected chi connectivity index (χ3v) is 4.96. The number of aryl methyl sites for hydroxylation is 2. The van der Waals surface area contributed by atoms with E-state index in [1.54, 1.807) is 11.3 Å². The number of amides is 1. The van der Waals surface area contributed by atoms with Gasteiger partial charge in [0.1, 0.15) is 5.82 Å². The number of rotatable bonds is 9. The zero-order valence-corrected chi connectivity index (χ0v) is 16.5. The van der Waals surface area contributed by atoms with Crippen LogP contribution in [0.2, 0.25) is 0 Å². The highest BCUT2D eigenvalue weighted by Gasteiger charge is 2.30. The molecule has 0 aliphatic heterocycles. The number of hydrogen-bond acceptors (Lipinski definition) is 5. The first-order chi connectivity index (χ1) is 13.2. The van der Waals surface area contributed by atoms with Crippen molar-refractivity contribution in [2.75, 3.05) is 18.4 Å². The second-order valence-corrected chi connectivity index (χ2v) is 7.77. The number of pyridine rings is 1. The number of aromatic nitrogens is 1. The molecule has 0 saturated carbocycles. The van der Waals surface area contributed by atoms with Gasteiger partial charge in [0.2, 0.25) is 5.91 Å². The molecule has 2 aromatic rings. The number of hydrogen-bond donors (Lipinski definition) is 2. The lowest BCUT2D eigenvalue weighted by Gasteiger charge is -2.09. The van der Waals surface area contributed by atoms with Gasteiger partial charge >= 0.3 is 6.18 Å². The van der Waals surface area contributed by atoms with Crippen LogP contribution in [0, 0.1) is 13.8 Å². The first-order valence-electron chi connectivity index (χ1n) is 8.81. The Labute approximate surface area is 165 Å². The number of thiophene rings is 1. The third kappa shape index (κ3) is 6.63. The molecule has 0 aliphatic carbocycles. The summed E-state index contributed by atoms with van der Waals surface area (Å²) in [5.74, 6) is 0.101. The lowest BCUT2D eigenvalue weighted by atomic mass is 10.1. The SMILES string of the molecule is Cc1cc(C(=O)CCC(=O)NCCCNc2ccc(C(F)(F)F)cn2)c(C)s1. The highest BCUT2D eigenvalue weighted by atomic mass is 32.1. The van der Waals surface area contributed by atoms with Crippen LogP contribution >= 0.6 is 11.3 Å². The van der Waals surface area contributed by atoms with Crippen LogP contribution in [0.1, 0.15) is 44.9 Å². The molecular weight excluding hydrogens is 391 g/mol. The van der Waals surface area contributed by atoms with Gasteiger partial charge in [0.15, 0.2) is 5.78 Å². The average Bonchev–Trinajstić information content (AvgIpc) is 2.97. The molecule has 0 fully saturated rings. The molecule has 2 aromatic heterocycles. The highest BCUT2D eigenvalue weighted by molar-refractivity contribution is 7.12. The molecule has 152 valence electrons. The second-order valence-electron chi connectivity index (χ2n) is 6.31.